The Hall–Kier alpha value is -1.25. The maximum absolute atomic E-state index is 13.7. The number of thioether (sulfide) groups is 1. The fourth-order valence-electron chi connectivity index (χ4n) is 2.51. The molecule has 2 heterocycles. The van der Waals surface area contributed by atoms with Crippen LogP contribution >= 0.6 is 24.0 Å². The van der Waals surface area contributed by atoms with Crippen molar-refractivity contribution in [3.63, 3.8) is 0 Å². The molecule has 0 saturated carbocycles. The van der Waals surface area contributed by atoms with Crippen LogP contribution in [0.2, 0.25) is 0 Å². The monoisotopic (exact) mass is 357 g/mol. The molecule has 2 saturated heterocycles. The lowest BCUT2D eigenvalue weighted by atomic mass is 10.2. The standard InChI is InChI=1S/C14H12FNO3S3/c15-11-4-2-1-3-9(11)7-12-13(17)16(14(20)21-12)10-5-6-22(18,19)8-10/h1-4,7,10H,5-6,8H2/b12-7-. The van der Waals surface area contributed by atoms with Crippen molar-refractivity contribution in [2.75, 3.05) is 11.5 Å². The second-order valence-electron chi connectivity index (χ2n) is 5.13. The first-order valence-electron chi connectivity index (χ1n) is 6.59. The van der Waals surface area contributed by atoms with E-state index in [1.54, 1.807) is 18.2 Å². The van der Waals surface area contributed by atoms with Gasteiger partial charge in [0.15, 0.2) is 9.84 Å². The van der Waals surface area contributed by atoms with Crippen molar-refractivity contribution in [3.8, 4) is 0 Å². The lowest BCUT2D eigenvalue weighted by molar-refractivity contribution is -0.123. The number of amides is 1. The Labute approximate surface area is 137 Å². The summed E-state index contributed by atoms with van der Waals surface area (Å²) in [5, 5.41) is 0. The highest BCUT2D eigenvalue weighted by atomic mass is 32.2. The second kappa shape index (κ2) is 5.75. The third-order valence-corrected chi connectivity index (χ3v) is 6.67. The van der Waals surface area contributed by atoms with Crippen molar-refractivity contribution in [3.05, 3.63) is 40.6 Å². The van der Waals surface area contributed by atoms with E-state index in [4.69, 9.17) is 12.2 Å². The van der Waals surface area contributed by atoms with Crippen LogP contribution in [0.4, 0.5) is 4.39 Å². The van der Waals surface area contributed by atoms with Crippen LogP contribution in [0.25, 0.3) is 6.08 Å². The van der Waals surface area contributed by atoms with E-state index in [1.165, 1.54) is 17.0 Å². The molecule has 0 aromatic heterocycles. The van der Waals surface area contributed by atoms with Gasteiger partial charge in [-0.15, -0.1) is 0 Å². The molecule has 1 atom stereocenters. The van der Waals surface area contributed by atoms with Gasteiger partial charge in [-0.2, -0.15) is 0 Å². The molecule has 8 heteroatoms. The van der Waals surface area contributed by atoms with Crippen molar-refractivity contribution in [2.45, 2.75) is 12.5 Å². The molecule has 1 amide bonds. The number of sulfone groups is 1. The van der Waals surface area contributed by atoms with E-state index in [0.717, 1.165) is 11.8 Å². The molecule has 0 aliphatic carbocycles. The number of hydrogen-bond acceptors (Lipinski definition) is 5. The van der Waals surface area contributed by atoms with Gasteiger partial charge in [0.2, 0.25) is 0 Å². The predicted octanol–water partition coefficient (Wildman–Crippen LogP) is 2.21. The van der Waals surface area contributed by atoms with Gasteiger partial charge in [-0.3, -0.25) is 9.69 Å². The SMILES string of the molecule is O=C1/C(=C/c2ccccc2F)SC(=S)N1C1CCS(=O)(=O)C1. The molecule has 116 valence electrons. The molecule has 0 radical (unpaired) electrons. The molecule has 2 aliphatic rings. The molecule has 1 aromatic carbocycles. The van der Waals surface area contributed by atoms with Gasteiger partial charge < -0.3 is 0 Å². The maximum atomic E-state index is 13.7. The van der Waals surface area contributed by atoms with Gasteiger partial charge in [-0.1, -0.05) is 42.2 Å². The van der Waals surface area contributed by atoms with Crippen LogP contribution in [0, 0.1) is 5.82 Å². The van der Waals surface area contributed by atoms with Crippen LogP contribution in [0.3, 0.4) is 0 Å². The Kier molecular flexibility index (Phi) is 4.09. The van der Waals surface area contributed by atoms with Crippen molar-refractivity contribution < 1.29 is 17.6 Å². The van der Waals surface area contributed by atoms with Crippen LogP contribution in [-0.2, 0) is 14.6 Å². The molecule has 1 unspecified atom stereocenters. The van der Waals surface area contributed by atoms with Crippen LogP contribution in [0.1, 0.15) is 12.0 Å². The third-order valence-electron chi connectivity index (χ3n) is 3.59. The largest absolute Gasteiger partial charge is 0.289 e. The quantitative estimate of drug-likeness (QED) is 0.600. The number of nitrogens with zero attached hydrogens (tertiary/aromatic N) is 1. The molecule has 0 N–H and O–H groups in total. The average Bonchev–Trinajstić information content (AvgIpc) is 2.92. The number of hydrogen-bond donors (Lipinski definition) is 0. The summed E-state index contributed by atoms with van der Waals surface area (Å²) in [7, 11) is -3.11. The highest BCUT2D eigenvalue weighted by molar-refractivity contribution is 8.26. The normalized spacial score (nSPS) is 26.1. The predicted molar refractivity (Wildman–Crippen MR) is 88.5 cm³/mol. The first-order valence-corrected chi connectivity index (χ1v) is 9.64. The minimum absolute atomic E-state index is 0.0631. The highest BCUT2D eigenvalue weighted by Gasteiger charge is 2.42. The van der Waals surface area contributed by atoms with Crippen LogP contribution in [-0.4, -0.2) is 41.1 Å². The van der Waals surface area contributed by atoms with Crippen LogP contribution in [0.15, 0.2) is 29.2 Å². The molecule has 0 spiro atoms. The second-order valence-corrected chi connectivity index (χ2v) is 9.03. The van der Waals surface area contributed by atoms with Crippen molar-refractivity contribution in [1.82, 2.24) is 4.90 Å². The van der Waals surface area contributed by atoms with Crippen molar-refractivity contribution in [2.24, 2.45) is 0 Å². The zero-order chi connectivity index (χ0) is 15.9. The Morgan fingerprint density at radius 1 is 1.36 bits per heavy atom. The van der Waals surface area contributed by atoms with Crippen molar-refractivity contribution in [1.29, 1.82) is 0 Å². The molecular formula is C14H12FNO3S3. The van der Waals surface area contributed by atoms with Crippen LogP contribution in [0.5, 0.6) is 0 Å². The smallest absolute Gasteiger partial charge is 0.266 e. The number of benzene rings is 1. The minimum atomic E-state index is -3.11. The summed E-state index contributed by atoms with van der Waals surface area (Å²) in [6, 6.07) is 5.72. The summed E-state index contributed by atoms with van der Waals surface area (Å²) in [6.07, 6.45) is 1.85. The van der Waals surface area contributed by atoms with E-state index in [0.29, 0.717) is 21.2 Å². The van der Waals surface area contributed by atoms with Gasteiger partial charge in [-0.05, 0) is 18.6 Å². The first kappa shape index (κ1) is 15.6. The van der Waals surface area contributed by atoms with Crippen LogP contribution < -0.4 is 0 Å². The topological polar surface area (TPSA) is 54.5 Å². The molecule has 22 heavy (non-hydrogen) atoms. The lowest BCUT2D eigenvalue weighted by Crippen LogP contribution is -2.39. The molecule has 0 bridgehead atoms. The Morgan fingerprint density at radius 2 is 2.09 bits per heavy atom. The van der Waals surface area contributed by atoms with E-state index in [9.17, 15) is 17.6 Å². The fourth-order valence-corrected chi connectivity index (χ4v) is 5.60. The Balaban J connectivity index is 1.88. The summed E-state index contributed by atoms with van der Waals surface area (Å²) in [4.78, 5) is 14.1. The summed E-state index contributed by atoms with van der Waals surface area (Å²) in [5.74, 6) is -0.760. The molecular weight excluding hydrogens is 345 g/mol. The molecule has 2 fully saturated rings. The fraction of sp³-hybridized carbons (Fsp3) is 0.286. The van der Waals surface area contributed by atoms with Gasteiger partial charge >= 0.3 is 0 Å². The summed E-state index contributed by atoms with van der Waals surface area (Å²) in [6.45, 7) is 0. The summed E-state index contributed by atoms with van der Waals surface area (Å²) >= 11 is 6.27. The molecule has 1 aromatic rings. The van der Waals surface area contributed by atoms with Gasteiger partial charge in [0.05, 0.1) is 22.5 Å². The molecule has 4 nitrogen and oxygen atoms in total. The summed E-state index contributed by atoms with van der Waals surface area (Å²) in [5.41, 5.74) is 0.307. The maximum Gasteiger partial charge on any atom is 0.266 e. The molecule has 2 aliphatic heterocycles. The molecule has 3 rings (SSSR count). The van der Waals surface area contributed by atoms with Gasteiger partial charge in [-0.25, -0.2) is 12.8 Å². The highest BCUT2D eigenvalue weighted by Crippen LogP contribution is 2.36. The van der Waals surface area contributed by atoms with Gasteiger partial charge in [0.1, 0.15) is 10.1 Å². The average molecular weight is 357 g/mol. The zero-order valence-corrected chi connectivity index (χ0v) is 13.8. The van der Waals surface area contributed by atoms with E-state index < -0.39 is 21.7 Å². The summed E-state index contributed by atoms with van der Waals surface area (Å²) < 4.78 is 37.2. The van der Waals surface area contributed by atoms with E-state index in [1.807, 2.05) is 0 Å². The number of halogens is 1. The number of thiocarbonyl (C=S) groups is 1. The number of carbonyl (C=O) groups excluding carboxylic acids is 1. The van der Waals surface area contributed by atoms with Gasteiger partial charge in [0, 0.05) is 5.56 Å². The van der Waals surface area contributed by atoms with E-state index in [-0.39, 0.29) is 17.4 Å². The minimum Gasteiger partial charge on any atom is -0.289 e. The van der Waals surface area contributed by atoms with E-state index >= 15 is 0 Å². The van der Waals surface area contributed by atoms with E-state index in [2.05, 4.69) is 0 Å². The lowest BCUT2D eigenvalue weighted by Gasteiger charge is -2.20. The third kappa shape index (κ3) is 2.95. The van der Waals surface area contributed by atoms with Gasteiger partial charge in [0.25, 0.3) is 5.91 Å². The number of rotatable bonds is 2. The zero-order valence-electron chi connectivity index (χ0n) is 11.4. The van der Waals surface area contributed by atoms with Crippen molar-refractivity contribution >= 4 is 50.1 Å². The Bertz CT molecular complexity index is 788. The Morgan fingerprint density at radius 3 is 2.73 bits per heavy atom. The first-order chi connectivity index (χ1) is 10.4. The number of carbonyl (C=O) groups is 1.